The topological polar surface area (TPSA) is 80.9 Å². The molecular weight excluding hydrogens is 328 g/mol. The van der Waals surface area contributed by atoms with Crippen molar-refractivity contribution >= 4 is 22.6 Å². The van der Waals surface area contributed by atoms with E-state index in [0.29, 0.717) is 11.4 Å². The van der Waals surface area contributed by atoms with Crippen molar-refractivity contribution in [3.05, 3.63) is 72.0 Å². The number of nitrogens with one attached hydrogen (secondary N) is 1. The van der Waals surface area contributed by atoms with Crippen molar-refractivity contribution in [2.45, 2.75) is 13.8 Å². The minimum absolute atomic E-state index is 0.238. The third kappa shape index (κ3) is 2.93. The number of nitrogens with zero attached hydrogens (tertiary/aromatic N) is 3. The van der Waals surface area contributed by atoms with Gasteiger partial charge >= 0.3 is 0 Å². The molecule has 128 valence electrons. The van der Waals surface area contributed by atoms with Crippen molar-refractivity contribution < 1.29 is 9.21 Å². The highest BCUT2D eigenvalue weighted by Crippen LogP contribution is 2.24. The summed E-state index contributed by atoms with van der Waals surface area (Å²) in [5, 5.41) is 2.85. The van der Waals surface area contributed by atoms with Gasteiger partial charge in [0.05, 0.1) is 22.4 Å². The zero-order valence-electron chi connectivity index (χ0n) is 14.4. The van der Waals surface area contributed by atoms with E-state index in [1.54, 1.807) is 12.1 Å². The maximum absolute atomic E-state index is 12.7. The highest BCUT2D eigenvalue weighted by molar-refractivity contribution is 6.06. The first-order valence-corrected chi connectivity index (χ1v) is 8.17. The molecule has 2 aromatic carbocycles. The van der Waals surface area contributed by atoms with E-state index in [1.807, 2.05) is 50.2 Å². The number of benzene rings is 2. The van der Waals surface area contributed by atoms with Crippen LogP contribution in [0.25, 0.3) is 22.4 Å². The van der Waals surface area contributed by atoms with Crippen LogP contribution >= 0.6 is 0 Å². The van der Waals surface area contributed by atoms with Gasteiger partial charge in [0.25, 0.3) is 5.91 Å². The molecule has 0 unspecified atom stereocenters. The molecule has 0 spiro atoms. The molecule has 0 fully saturated rings. The average Bonchev–Trinajstić information content (AvgIpc) is 3.14. The number of oxazole rings is 1. The lowest BCUT2D eigenvalue weighted by Gasteiger charge is -2.07. The van der Waals surface area contributed by atoms with Gasteiger partial charge in [0.2, 0.25) is 0 Å². The Morgan fingerprint density at radius 2 is 1.69 bits per heavy atom. The SMILES string of the molecule is Cc1nc2ccc(NC(=O)c3ncoc3-c3ccccc3)cc2nc1C. The summed E-state index contributed by atoms with van der Waals surface area (Å²) in [6, 6.07) is 14.8. The van der Waals surface area contributed by atoms with E-state index < -0.39 is 0 Å². The van der Waals surface area contributed by atoms with Crippen molar-refractivity contribution in [2.75, 3.05) is 5.32 Å². The van der Waals surface area contributed by atoms with E-state index in [2.05, 4.69) is 20.3 Å². The van der Waals surface area contributed by atoms with Gasteiger partial charge < -0.3 is 9.73 Å². The summed E-state index contributed by atoms with van der Waals surface area (Å²) < 4.78 is 5.41. The maximum Gasteiger partial charge on any atom is 0.278 e. The van der Waals surface area contributed by atoms with Crippen LogP contribution in [0.3, 0.4) is 0 Å². The van der Waals surface area contributed by atoms with Crippen molar-refractivity contribution in [1.82, 2.24) is 15.0 Å². The van der Waals surface area contributed by atoms with E-state index >= 15 is 0 Å². The largest absolute Gasteiger partial charge is 0.443 e. The van der Waals surface area contributed by atoms with E-state index in [0.717, 1.165) is 28.0 Å². The zero-order valence-corrected chi connectivity index (χ0v) is 14.4. The quantitative estimate of drug-likeness (QED) is 0.604. The number of hydrogen-bond acceptors (Lipinski definition) is 5. The van der Waals surface area contributed by atoms with Gasteiger partial charge in [-0.25, -0.2) is 15.0 Å². The zero-order chi connectivity index (χ0) is 18.1. The monoisotopic (exact) mass is 344 g/mol. The van der Waals surface area contributed by atoms with E-state index in [1.165, 1.54) is 6.39 Å². The molecule has 0 aliphatic heterocycles. The predicted molar refractivity (Wildman–Crippen MR) is 98.9 cm³/mol. The van der Waals surface area contributed by atoms with Crippen LogP contribution in [0.4, 0.5) is 5.69 Å². The summed E-state index contributed by atoms with van der Waals surface area (Å²) in [6.07, 6.45) is 1.27. The van der Waals surface area contributed by atoms with E-state index in [9.17, 15) is 4.79 Å². The van der Waals surface area contributed by atoms with Crippen LogP contribution in [0, 0.1) is 13.8 Å². The van der Waals surface area contributed by atoms with E-state index in [-0.39, 0.29) is 11.6 Å². The van der Waals surface area contributed by atoms with Crippen LogP contribution in [0.5, 0.6) is 0 Å². The molecule has 1 N–H and O–H groups in total. The van der Waals surface area contributed by atoms with Gasteiger partial charge in [0.15, 0.2) is 17.8 Å². The molecule has 6 heteroatoms. The van der Waals surface area contributed by atoms with Crippen LogP contribution in [0.1, 0.15) is 21.9 Å². The molecule has 0 bridgehead atoms. The Bertz CT molecular complexity index is 1100. The minimum Gasteiger partial charge on any atom is -0.443 e. The molecular formula is C20H16N4O2. The summed E-state index contributed by atoms with van der Waals surface area (Å²) >= 11 is 0. The van der Waals surface area contributed by atoms with Crippen LogP contribution in [0.15, 0.2) is 59.3 Å². The molecule has 0 aliphatic rings. The molecule has 0 saturated carbocycles. The van der Waals surface area contributed by atoms with Gasteiger partial charge in [-0.05, 0) is 32.0 Å². The summed E-state index contributed by atoms with van der Waals surface area (Å²) in [7, 11) is 0. The Morgan fingerprint density at radius 1 is 0.962 bits per heavy atom. The smallest absolute Gasteiger partial charge is 0.278 e. The normalized spacial score (nSPS) is 10.8. The fourth-order valence-corrected chi connectivity index (χ4v) is 2.70. The number of carbonyl (C=O) groups excluding carboxylic acids is 1. The molecule has 0 saturated heterocycles. The predicted octanol–water partition coefficient (Wildman–Crippen LogP) is 4.15. The molecule has 6 nitrogen and oxygen atoms in total. The molecule has 0 atom stereocenters. The second kappa shape index (κ2) is 6.40. The molecule has 2 aromatic heterocycles. The number of carbonyl (C=O) groups is 1. The first-order valence-electron chi connectivity index (χ1n) is 8.17. The Kier molecular flexibility index (Phi) is 3.93. The molecule has 4 aromatic rings. The molecule has 0 aliphatic carbocycles. The lowest BCUT2D eigenvalue weighted by atomic mass is 10.1. The lowest BCUT2D eigenvalue weighted by molar-refractivity contribution is 0.102. The Balaban J connectivity index is 1.64. The first-order chi connectivity index (χ1) is 12.6. The van der Waals surface area contributed by atoms with Crippen molar-refractivity contribution in [3.8, 4) is 11.3 Å². The second-order valence-corrected chi connectivity index (χ2v) is 5.95. The molecule has 2 heterocycles. The van der Waals surface area contributed by atoms with Gasteiger partial charge in [0.1, 0.15) is 0 Å². The highest BCUT2D eigenvalue weighted by atomic mass is 16.3. The molecule has 0 radical (unpaired) electrons. The highest BCUT2D eigenvalue weighted by Gasteiger charge is 2.18. The van der Waals surface area contributed by atoms with Gasteiger partial charge in [-0.1, -0.05) is 30.3 Å². The number of fused-ring (bicyclic) bond motifs is 1. The van der Waals surface area contributed by atoms with Crippen molar-refractivity contribution in [1.29, 1.82) is 0 Å². The third-order valence-electron chi connectivity index (χ3n) is 4.15. The Hall–Kier alpha value is -3.54. The number of aromatic nitrogens is 3. The fourth-order valence-electron chi connectivity index (χ4n) is 2.70. The summed E-state index contributed by atoms with van der Waals surface area (Å²) in [6.45, 7) is 3.84. The number of anilines is 1. The van der Waals surface area contributed by atoms with Crippen LogP contribution in [0.2, 0.25) is 0 Å². The standard InChI is InChI=1S/C20H16N4O2/c1-12-13(2)23-17-10-15(8-9-16(17)22-12)24-20(25)18-19(26-11-21-18)14-6-4-3-5-7-14/h3-11H,1-2H3,(H,24,25). The van der Waals surface area contributed by atoms with E-state index in [4.69, 9.17) is 4.42 Å². The Morgan fingerprint density at radius 3 is 2.46 bits per heavy atom. The van der Waals surface area contributed by atoms with Crippen molar-refractivity contribution in [3.63, 3.8) is 0 Å². The van der Waals surface area contributed by atoms with Crippen LogP contribution in [-0.4, -0.2) is 20.9 Å². The molecule has 4 rings (SSSR count). The first kappa shape index (κ1) is 16.0. The van der Waals surface area contributed by atoms with Crippen molar-refractivity contribution in [2.24, 2.45) is 0 Å². The summed E-state index contributed by atoms with van der Waals surface area (Å²) in [4.78, 5) is 25.7. The van der Waals surface area contributed by atoms with Gasteiger partial charge in [-0.2, -0.15) is 0 Å². The van der Waals surface area contributed by atoms with Gasteiger partial charge in [-0.3, -0.25) is 4.79 Å². The number of hydrogen-bond donors (Lipinski definition) is 1. The average molecular weight is 344 g/mol. The number of rotatable bonds is 3. The minimum atomic E-state index is -0.339. The second-order valence-electron chi connectivity index (χ2n) is 5.95. The lowest BCUT2D eigenvalue weighted by Crippen LogP contribution is -2.13. The van der Waals surface area contributed by atoms with Crippen LogP contribution < -0.4 is 5.32 Å². The number of aryl methyl sites for hydroxylation is 2. The van der Waals surface area contributed by atoms with Gasteiger partial charge in [0, 0.05) is 11.3 Å². The summed E-state index contributed by atoms with van der Waals surface area (Å²) in [5.74, 6) is 0.101. The third-order valence-corrected chi connectivity index (χ3v) is 4.15. The Labute approximate surface area is 149 Å². The maximum atomic E-state index is 12.7. The van der Waals surface area contributed by atoms with Crippen LogP contribution in [-0.2, 0) is 0 Å². The van der Waals surface area contributed by atoms with Gasteiger partial charge in [-0.15, -0.1) is 0 Å². The molecule has 1 amide bonds. The summed E-state index contributed by atoms with van der Waals surface area (Å²) in [5.41, 5.74) is 4.94. The fraction of sp³-hybridized carbons (Fsp3) is 0.100. The number of amides is 1. The molecule has 26 heavy (non-hydrogen) atoms.